The number of benzene rings is 5. The molecule has 0 atom stereocenters. The summed E-state index contributed by atoms with van der Waals surface area (Å²) in [4.78, 5) is 48.9. The van der Waals surface area contributed by atoms with E-state index in [1.54, 1.807) is 86.2 Å². The van der Waals surface area contributed by atoms with Crippen LogP contribution in [-0.2, 0) is 31.1 Å². The smallest absolute Gasteiger partial charge is 0.417 e. The minimum absolute atomic E-state index is 0.0126. The van der Waals surface area contributed by atoms with Crippen molar-refractivity contribution in [3.8, 4) is 137 Å². The van der Waals surface area contributed by atoms with Crippen LogP contribution in [0.25, 0.3) is 126 Å². The van der Waals surface area contributed by atoms with Gasteiger partial charge >= 0.3 is 24.7 Å². The molecule has 0 spiro atoms. The minimum atomic E-state index is -4.95. The number of aryl methyl sites for hydroxylation is 1. The Hall–Kier alpha value is -14.6. The molecule has 5 aromatic carbocycles. The first-order valence-electron chi connectivity index (χ1n) is 41.1. The second kappa shape index (κ2) is 45.3. The number of halogens is 14. The molecule has 0 saturated heterocycles. The summed E-state index contributed by atoms with van der Waals surface area (Å²) in [7, 11) is 0. The van der Waals surface area contributed by atoms with E-state index >= 15 is 0 Å². The molecular weight excluding hydrogens is 1840 g/mol. The number of hydrogen-bond donors (Lipinski definition) is 0. The molecule has 133 heavy (non-hydrogen) atoms. The zero-order chi connectivity index (χ0) is 93.9. The van der Waals surface area contributed by atoms with Crippen molar-refractivity contribution in [1.82, 2.24) is 90.7 Å². The molecule has 0 unspecified atom stereocenters. The van der Waals surface area contributed by atoms with Crippen LogP contribution in [0, 0.1) is 0 Å². The van der Waals surface area contributed by atoms with Gasteiger partial charge < -0.3 is 36.6 Å². The third-order valence-corrected chi connectivity index (χ3v) is 20.3. The summed E-state index contributed by atoms with van der Waals surface area (Å²) >= 11 is 8.63. The van der Waals surface area contributed by atoms with Gasteiger partial charge in [0.15, 0.2) is 0 Å². The van der Waals surface area contributed by atoms with Crippen molar-refractivity contribution in [1.29, 1.82) is 0 Å². The van der Waals surface area contributed by atoms with Crippen LogP contribution in [0.15, 0.2) is 276 Å². The first-order valence-corrected chi connectivity index (χ1v) is 42.3. The number of nitrogens with zero attached hydrogens (tertiary/aromatic N) is 18. The van der Waals surface area contributed by atoms with E-state index in [0.29, 0.717) is 88.7 Å². The highest BCUT2D eigenvalue weighted by molar-refractivity contribution is 9.10. The Kier molecular flexibility index (Phi) is 32.7. The van der Waals surface area contributed by atoms with Crippen molar-refractivity contribution in [3.63, 3.8) is 0 Å². The number of unbranched alkanes of at least 4 members (excludes halogenated alkanes) is 5. The van der Waals surface area contributed by atoms with E-state index < -0.39 is 58.4 Å². The van der Waals surface area contributed by atoms with Crippen LogP contribution < -0.4 is 9.47 Å². The molecule has 0 N–H and O–H groups in total. The molecule has 0 aliphatic heterocycles. The van der Waals surface area contributed by atoms with Gasteiger partial charge in [0.25, 0.3) is 29.5 Å². The van der Waals surface area contributed by atoms with Crippen molar-refractivity contribution < 1.29 is 89.3 Å². The van der Waals surface area contributed by atoms with Crippen LogP contribution in [0.2, 0.25) is 5.02 Å². The maximum absolute atomic E-state index is 12.9. The molecule has 17 aromatic rings. The number of hydrogen-bond acceptors (Lipinski definition) is 26. The first kappa shape index (κ1) is 95.9. The summed E-state index contributed by atoms with van der Waals surface area (Å²) in [6.07, 6.45) is 14.5. The molecule has 18 rings (SSSR count). The van der Waals surface area contributed by atoms with Gasteiger partial charge in [-0.3, -0.25) is 29.9 Å². The highest BCUT2D eigenvalue weighted by atomic mass is 79.9. The minimum Gasteiger partial charge on any atom is -0.494 e. The molecule has 12 aromatic heterocycles. The highest BCUT2D eigenvalue weighted by Gasteiger charge is 2.39. The average molecular weight is 1920 g/mol. The Morgan fingerprint density at radius 1 is 0.323 bits per heavy atom. The second-order valence-electron chi connectivity index (χ2n) is 29.0. The normalized spacial score (nSPS) is 12.1. The molecule has 12 heterocycles. The fourth-order valence-electron chi connectivity index (χ4n) is 12.9. The van der Waals surface area contributed by atoms with Gasteiger partial charge in [-0.05, 0) is 197 Å². The lowest BCUT2D eigenvalue weighted by molar-refractivity contribution is -0.143. The lowest BCUT2D eigenvalue weighted by atomic mass is 10.0. The van der Waals surface area contributed by atoms with Gasteiger partial charge in [0.2, 0.25) is 40.8 Å². The Balaban J connectivity index is 0.000000136. The topological polar surface area (TPSA) is 329 Å². The lowest BCUT2D eigenvalue weighted by Gasteiger charge is -2.12. The van der Waals surface area contributed by atoms with E-state index in [9.17, 15) is 52.7 Å². The number of pyridine rings is 6. The van der Waals surface area contributed by atoms with E-state index in [1.807, 2.05) is 68.4 Å². The van der Waals surface area contributed by atoms with E-state index in [0.717, 1.165) is 64.4 Å². The van der Waals surface area contributed by atoms with Crippen LogP contribution in [0.4, 0.5) is 52.7 Å². The number of alkyl halides is 12. The van der Waals surface area contributed by atoms with Gasteiger partial charge in [-0.2, -0.15) is 82.6 Å². The molecular formula is C93H76BrClF12N18O8. The Morgan fingerprint density at radius 2 is 0.647 bits per heavy atom. The van der Waals surface area contributed by atoms with E-state index in [4.69, 9.17) is 48.2 Å². The molecule has 684 valence electrons. The predicted octanol–water partition coefficient (Wildman–Crippen LogP) is 26.0. The van der Waals surface area contributed by atoms with Crippen molar-refractivity contribution >= 4 is 27.5 Å². The molecule has 0 radical (unpaired) electrons. The molecule has 0 amide bonds. The van der Waals surface area contributed by atoms with E-state index in [2.05, 4.69) is 138 Å². The van der Waals surface area contributed by atoms with Crippen molar-refractivity contribution in [2.75, 3.05) is 13.2 Å². The number of aromatic nitrogens is 18. The zero-order valence-electron chi connectivity index (χ0n) is 70.5. The van der Waals surface area contributed by atoms with Gasteiger partial charge in [-0.1, -0.05) is 122 Å². The molecule has 1 aliphatic rings. The fraction of sp³-hybridized carbons (Fsp3) is 0.226. The Labute approximate surface area is 763 Å². The average Bonchev–Trinajstić information content (AvgIpc) is 1.79. The van der Waals surface area contributed by atoms with Crippen molar-refractivity contribution in [2.45, 2.75) is 122 Å². The fourth-order valence-corrected chi connectivity index (χ4v) is 13.7. The van der Waals surface area contributed by atoms with Crippen LogP contribution in [0.1, 0.15) is 125 Å². The van der Waals surface area contributed by atoms with Gasteiger partial charge in [-0.25, -0.2) is 0 Å². The summed E-state index contributed by atoms with van der Waals surface area (Å²) in [5, 5.41) is 22.8. The molecule has 26 nitrogen and oxygen atoms in total. The summed E-state index contributed by atoms with van der Waals surface area (Å²) in [5.74, 6) is 5.53. The standard InChI is InChI=1S/C21H25N3O.C17H17N3O3.C15H7F6N3O.C14H7BrF3N3O.C14H7ClF3N3O.C12H13N3O/c1-2-3-4-5-6-7-8-17-9-11-19(12-10-17)21-23-20(24-25-21)18-13-15-22-16-14-18;1-3-21-14-9-13(10-15(11-14)22-4-2)17-19-16(20-23-17)12-5-7-18-8-6-12;16-14(17,18)10-5-9(6-11(7-10)15(19,20)21)13-23-12(24-25-13)8-1-3-22-4-2-8;15-11-6-9(5-10(7-11)14(16,17)18)13-20-12(21-22-13)8-1-3-19-4-2-8;15-11-2-1-9(7-10(11)14(16,17)18)13-20-12(21-22-13)8-3-5-19-6-4-8;1-2-4-10(3-1)12-14-11(15-16-12)9-5-7-13-8-6-9/h9-16H,2-8H2,1H3;5-11H,3-4H2,1-2H3;1-7H;2*1-7H;5-8,10H,1-4H2. The SMILES string of the molecule is CCCCCCCCc1ccc(-c2nc(-c3ccncc3)no2)cc1.CCOc1cc(OCC)cc(-c2nc(-c3ccncc3)no2)c1.FC(F)(F)c1cc(-c2nc(-c3ccncc3)no2)cc(C(F)(F)F)c1.FC(F)(F)c1cc(-c2nc(-c3ccncc3)no2)ccc1Cl.FC(F)(F)c1cc(Br)cc(-c2nc(-c3ccncc3)no2)c1.c1cc(-c2noc(C3CCCC3)n2)ccn1. The molecule has 0 bridgehead atoms. The van der Waals surface area contributed by atoms with E-state index in [1.165, 1.54) is 106 Å². The summed E-state index contributed by atoms with van der Waals surface area (Å²) in [5.41, 5.74) is 2.76. The molecule has 1 aliphatic carbocycles. The molecule has 1 fully saturated rings. The predicted molar refractivity (Wildman–Crippen MR) is 466 cm³/mol. The molecule has 1 saturated carbocycles. The Bertz CT molecular complexity index is 6440. The maximum atomic E-state index is 12.9. The maximum Gasteiger partial charge on any atom is 0.417 e. The van der Waals surface area contributed by atoms with Gasteiger partial charge in [0, 0.05) is 152 Å². The zero-order valence-corrected chi connectivity index (χ0v) is 72.8. The third kappa shape index (κ3) is 27.3. The first-order chi connectivity index (χ1) is 64.1. The second-order valence-corrected chi connectivity index (χ2v) is 30.3. The van der Waals surface area contributed by atoms with Crippen LogP contribution in [0.3, 0.4) is 0 Å². The van der Waals surface area contributed by atoms with Crippen molar-refractivity contribution in [3.05, 3.63) is 287 Å². The third-order valence-electron chi connectivity index (χ3n) is 19.5. The quantitative estimate of drug-likeness (QED) is 0.0424. The van der Waals surface area contributed by atoms with Crippen LogP contribution in [-0.4, -0.2) is 104 Å². The highest BCUT2D eigenvalue weighted by Crippen LogP contribution is 2.42. The largest absolute Gasteiger partial charge is 0.494 e. The van der Waals surface area contributed by atoms with Gasteiger partial charge in [-0.15, -0.1) is 0 Å². The lowest BCUT2D eigenvalue weighted by Crippen LogP contribution is -2.11. The Morgan fingerprint density at radius 3 is 1.02 bits per heavy atom. The monoisotopic (exact) mass is 1910 g/mol. The van der Waals surface area contributed by atoms with Gasteiger partial charge in [0.1, 0.15) is 11.5 Å². The van der Waals surface area contributed by atoms with Gasteiger partial charge in [0.05, 0.1) is 40.5 Å². The number of ether oxygens (including phenoxy) is 2. The van der Waals surface area contributed by atoms with Crippen LogP contribution in [0.5, 0.6) is 11.5 Å². The molecule has 40 heteroatoms. The van der Waals surface area contributed by atoms with Crippen LogP contribution >= 0.6 is 27.5 Å². The number of rotatable bonds is 23. The van der Waals surface area contributed by atoms with E-state index in [-0.39, 0.29) is 55.9 Å². The summed E-state index contributed by atoms with van der Waals surface area (Å²) < 4.78 is 197. The summed E-state index contributed by atoms with van der Waals surface area (Å²) in [6.45, 7) is 7.26. The summed E-state index contributed by atoms with van der Waals surface area (Å²) in [6, 6.07) is 42.9. The van der Waals surface area contributed by atoms with Crippen molar-refractivity contribution in [2.24, 2.45) is 0 Å².